The number of Topliss-reactive ketones (excluding diaryl/α,β-unsaturated/α-hetero) is 1. The van der Waals surface area contributed by atoms with Crippen LogP contribution in [0.3, 0.4) is 0 Å². The lowest BCUT2D eigenvalue weighted by Gasteiger charge is -2.24. The van der Waals surface area contributed by atoms with E-state index in [1.165, 1.54) is 19.1 Å². The van der Waals surface area contributed by atoms with Gasteiger partial charge in [0.1, 0.15) is 5.41 Å². The Labute approximate surface area is 110 Å². The number of carbonyl (C=O) groups excluding carboxylic acids is 3. The molecule has 0 aromatic heterocycles. The first-order valence-electron chi connectivity index (χ1n) is 5.52. The first kappa shape index (κ1) is 14.8. The highest BCUT2D eigenvalue weighted by Crippen LogP contribution is 2.34. The Bertz CT molecular complexity index is 359. The van der Waals surface area contributed by atoms with Gasteiger partial charge in [-0.15, -0.1) is 11.6 Å². The molecule has 0 aliphatic carbocycles. The molecule has 1 unspecified atom stereocenters. The molecule has 0 radical (unpaired) electrons. The van der Waals surface area contributed by atoms with Crippen molar-refractivity contribution in [2.24, 2.45) is 5.41 Å². The van der Waals surface area contributed by atoms with Crippen molar-refractivity contribution in [3.8, 4) is 0 Å². The smallest absolute Gasteiger partial charge is 0.409 e. The number of nitrogens with zero attached hydrogens (tertiary/aromatic N) is 1. The minimum Gasteiger partial charge on any atom is -0.468 e. The van der Waals surface area contributed by atoms with Crippen LogP contribution in [0.25, 0.3) is 0 Å². The fourth-order valence-corrected chi connectivity index (χ4v) is 2.25. The lowest BCUT2D eigenvalue weighted by molar-refractivity contribution is -0.156. The zero-order valence-electron chi connectivity index (χ0n) is 10.4. The molecule has 1 aliphatic rings. The number of ether oxygens (including phenoxy) is 2. The van der Waals surface area contributed by atoms with Gasteiger partial charge in [-0.3, -0.25) is 14.5 Å². The quantitative estimate of drug-likeness (QED) is 0.432. The third kappa shape index (κ3) is 2.58. The molecule has 6 nitrogen and oxygen atoms in total. The summed E-state index contributed by atoms with van der Waals surface area (Å²) >= 11 is 5.60. The van der Waals surface area contributed by atoms with Gasteiger partial charge in [0.15, 0.2) is 5.78 Å². The van der Waals surface area contributed by atoms with Crippen molar-refractivity contribution in [3.05, 3.63) is 0 Å². The second-order valence-corrected chi connectivity index (χ2v) is 4.49. The van der Waals surface area contributed by atoms with Gasteiger partial charge in [0.2, 0.25) is 0 Å². The maximum atomic E-state index is 12.0. The van der Waals surface area contributed by atoms with Gasteiger partial charge in [0, 0.05) is 12.4 Å². The van der Waals surface area contributed by atoms with E-state index in [9.17, 15) is 14.4 Å². The van der Waals surface area contributed by atoms with Crippen LogP contribution in [0.15, 0.2) is 0 Å². The number of ketones is 1. The number of likely N-dealkylation sites (tertiary alicyclic amines) is 1. The monoisotopic (exact) mass is 277 g/mol. The summed E-state index contributed by atoms with van der Waals surface area (Å²) < 4.78 is 9.24. The third-order valence-electron chi connectivity index (χ3n) is 3.08. The zero-order chi connectivity index (χ0) is 13.8. The van der Waals surface area contributed by atoms with E-state index in [4.69, 9.17) is 11.6 Å². The predicted octanol–water partition coefficient (Wildman–Crippen LogP) is 0.816. The molecule has 1 saturated heterocycles. The van der Waals surface area contributed by atoms with Gasteiger partial charge in [-0.2, -0.15) is 0 Å². The van der Waals surface area contributed by atoms with Crippen LogP contribution < -0.4 is 0 Å². The number of alkyl halides is 1. The molecule has 0 bridgehead atoms. The predicted molar refractivity (Wildman–Crippen MR) is 63.4 cm³/mol. The second-order valence-electron chi connectivity index (χ2n) is 4.12. The van der Waals surface area contributed by atoms with Crippen molar-refractivity contribution in [1.29, 1.82) is 0 Å². The Morgan fingerprint density at radius 3 is 2.56 bits per heavy atom. The van der Waals surface area contributed by atoms with Crippen molar-refractivity contribution >= 4 is 29.4 Å². The molecular weight excluding hydrogens is 262 g/mol. The van der Waals surface area contributed by atoms with E-state index >= 15 is 0 Å². The van der Waals surface area contributed by atoms with Gasteiger partial charge in [-0.25, -0.2) is 4.79 Å². The fraction of sp³-hybridized carbons (Fsp3) is 0.727. The highest BCUT2D eigenvalue weighted by molar-refractivity contribution is 6.18. The SMILES string of the molecule is COC(=O)N1CC(=O)C(CCCCl)(C(=O)OC)C1. The van der Waals surface area contributed by atoms with Crippen LogP contribution in [0.2, 0.25) is 0 Å². The molecule has 1 atom stereocenters. The number of hydrogen-bond donors (Lipinski definition) is 0. The van der Waals surface area contributed by atoms with Crippen LogP contribution in [0.5, 0.6) is 0 Å². The number of halogens is 1. The van der Waals surface area contributed by atoms with Crippen LogP contribution in [0, 0.1) is 5.41 Å². The zero-order valence-corrected chi connectivity index (χ0v) is 11.2. The molecule has 1 rings (SSSR count). The fourth-order valence-electron chi connectivity index (χ4n) is 2.12. The summed E-state index contributed by atoms with van der Waals surface area (Å²) in [5.41, 5.74) is -1.29. The Morgan fingerprint density at radius 1 is 1.39 bits per heavy atom. The van der Waals surface area contributed by atoms with Gasteiger partial charge in [-0.05, 0) is 12.8 Å². The van der Waals surface area contributed by atoms with E-state index in [0.29, 0.717) is 12.3 Å². The molecule has 1 aliphatic heterocycles. The minimum atomic E-state index is -1.29. The molecule has 0 aromatic carbocycles. The summed E-state index contributed by atoms with van der Waals surface area (Å²) in [6.07, 6.45) is 0.146. The number of carbonyl (C=O) groups is 3. The summed E-state index contributed by atoms with van der Waals surface area (Å²) in [4.78, 5) is 36.5. The van der Waals surface area contributed by atoms with Crippen LogP contribution in [0.1, 0.15) is 12.8 Å². The molecule has 0 spiro atoms. The van der Waals surface area contributed by atoms with E-state index in [0.717, 1.165) is 0 Å². The van der Waals surface area contributed by atoms with Crippen molar-refractivity contribution in [2.75, 3.05) is 33.2 Å². The standard InChI is InChI=1S/C11H16ClNO5/c1-17-9(15)11(4-3-5-12)7-13(6-8(11)14)10(16)18-2/h3-7H2,1-2H3. The maximum Gasteiger partial charge on any atom is 0.409 e. The topological polar surface area (TPSA) is 72.9 Å². The van der Waals surface area contributed by atoms with Gasteiger partial charge in [0.05, 0.1) is 20.8 Å². The first-order valence-corrected chi connectivity index (χ1v) is 6.06. The van der Waals surface area contributed by atoms with E-state index < -0.39 is 17.5 Å². The van der Waals surface area contributed by atoms with Crippen LogP contribution in [-0.4, -0.2) is 55.9 Å². The molecular formula is C11H16ClNO5. The average molecular weight is 278 g/mol. The molecule has 18 heavy (non-hydrogen) atoms. The number of amides is 1. The molecule has 7 heteroatoms. The van der Waals surface area contributed by atoms with Crippen molar-refractivity contribution in [3.63, 3.8) is 0 Å². The normalized spacial score (nSPS) is 23.1. The Kier molecular flexibility index (Phi) is 4.95. The average Bonchev–Trinajstić information content (AvgIpc) is 2.72. The van der Waals surface area contributed by atoms with Gasteiger partial charge < -0.3 is 9.47 Å². The van der Waals surface area contributed by atoms with Crippen molar-refractivity contribution in [2.45, 2.75) is 12.8 Å². The summed E-state index contributed by atoms with van der Waals surface area (Å²) in [5, 5.41) is 0. The summed E-state index contributed by atoms with van der Waals surface area (Å²) in [6, 6.07) is 0. The van der Waals surface area contributed by atoms with Crippen LogP contribution in [-0.2, 0) is 19.1 Å². The summed E-state index contributed by atoms with van der Waals surface area (Å²) in [6.45, 7) is -0.147. The summed E-state index contributed by atoms with van der Waals surface area (Å²) in [5.74, 6) is -0.613. The molecule has 0 N–H and O–H groups in total. The highest BCUT2D eigenvalue weighted by Gasteiger charge is 2.53. The molecule has 102 valence electrons. The third-order valence-corrected chi connectivity index (χ3v) is 3.34. The second kappa shape index (κ2) is 6.04. The largest absolute Gasteiger partial charge is 0.468 e. The number of methoxy groups -OCH3 is 2. The van der Waals surface area contributed by atoms with Crippen LogP contribution >= 0.6 is 11.6 Å². The van der Waals surface area contributed by atoms with E-state index in [2.05, 4.69) is 9.47 Å². The highest BCUT2D eigenvalue weighted by atomic mass is 35.5. The number of esters is 1. The molecule has 1 fully saturated rings. The molecule has 0 aromatic rings. The molecule has 0 saturated carbocycles. The lowest BCUT2D eigenvalue weighted by atomic mass is 9.81. The Morgan fingerprint density at radius 2 is 2.06 bits per heavy atom. The van der Waals surface area contributed by atoms with Gasteiger partial charge in [0.25, 0.3) is 0 Å². The van der Waals surface area contributed by atoms with Crippen molar-refractivity contribution < 1.29 is 23.9 Å². The number of hydrogen-bond acceptors (Lipinski definition) is 5. The molecule has 1 heterocycles. The van der Waals surface area contributed by atoms with Crippen molar-refractivity contribution in [1.82, 2.24) is 4.90 Å². The Balaban J connectivity index is 2.94. The van der Waals surface area contributed by atoms with Crippen LogP contribution in [0.4, 0.5) is 4.79 Å². The van der Waals surface area contributed by atoms with E-state index in [-0.39, 0.29) is 25.3 Å². The van der Waals surface area contributed by atoms with E-state index in [1.807, 2.05) is 0 Å². The minimum absolute atomic E-state index is 0.0118. The molecule has 1 amide bonds. The first-order chi connectivity index (χ1) is 8.51. The van der Waals surface area contributed by atoms with E-state index in [1.54, 1.807) is 0 Å². The number of rotatable bonds is 4. The van der Waals surface area contributed by atoms with Gasteiger partial charge >= 0.3 is 12.1 Å². The van der Waals surface area contributed by atoms with Gasteiger partial charge in [-0.1, -0.05) is 0 Å². The lowest BCUT2D eigenvalue weighted by Crippen LogP contribution is -2.41. The summed E-state index contributed by atoms with van der Waals surface area (Å²) in [7, 11) is 2.45. The Hall–Kier alpha value is -1.30. The maximum absolute atomic E-state index is 12.0.